The summed E-state index contributed by atoms with van der Waals surface area (Å²) >= 11 is 1.64. The SMILES string of the molecule is O=C(O)C(Cc1ccccc1)SC1CCOC2(CCC2)C1. The van der Waals surface area contributed by atoms with Crippen molar-refractivity contribution in [3.63, 3.8) is 0 Å². The highest BCUT2D eigenvalue weighted by Gasteiger charge is 2.43. The Morgan fingerprint density at radius 1 is 1.38 bits per heavy atom. The number of rotatable bonds is 5. The number of aliphatic carboxylic acids is 1. The third kappa shape index (κ3) is 3.61. The lowest BCUT2D eigenvalue weighted by atomic mass is 9.75. The summed E-state index contributed by atoms with van der Waals surface area (Å²) < 4.78 is 5.93. The molecule has 4 heteroatoms. The molecule has 3 rings (SSSR count). The smallest absolute Gasteiger partial charge is 0.316 e. The Morgan fingerprint density at radius 2 is 2.14 bits per heavy atom. The zero-order valence-electron chi connectivity index (χ0n) is 12.2. The maximum Gasteiger partial charge on any atom is 0.316 e. The van der Waals surface area contributed by atoms with E-state index < -0.39 is 5.97 Å². The van der Waals surface area contributed by atoms with Crippen LogP contribution in [0.2, 0.25) is 0 Å². The summed E-state index contributed by atoms with van der Waals surface area (Å²) in [6, 6.07) is 9.92. The van der Waals surface area contributed by atoms with E-state index in [1.165, 1.54) is 6.42 Å². The number of benzene rings is 1. The number of carbonyl (C=O) groups is 1. The summed E-state index contributed by atoms with van der Waals surface area (Å²) in [5.74, 6) is -0.696. The van der Waals surface area contributed by atoms with Crippen molar-refractivity contribution in [1.29, 1.82) is 0 Å². The highest BCUT2D eigenvalue weighted by Crippen LogP contribution is 2.45. The fourth-order valence-electron chi connectivity index (χ4n) is 3.27. The predicted octanol–water partition coefficient (Wildman–Crippen LogP) is 3.52. The molecule has 3 nitrogen and oxygen atoms in total. The average Bonchev–Trinajstić information content (AvgIpc) is 2.46. The van der Waals surface area contributed by atoms with E-state index in [0.717, 1.165) is 37.9 Å². The van der Waals surface area contributed by atoms with Crippen molar-refractivity contribution in [3.8, 4) is 0 Å². The van der Waals surface area contributed by atoms with Crippen LogP contribution >= 0.6 is 11.8 Å². The molecule has 1 saturated carbocycles. The molecule has 2 unspecified atom stereocenters. The lowest BCUT2D eigenvalue weighted by Crippen LogP contribution is -2.47. The second-order valence-corrected chi connectivity index (χ2v) is 7.66. The Morgan fingerprint density at radius 3 is 2.76 bits per heavy atom. The fraction of sp³-hybridized carbons (Fsp3) is 0.588. The number of hydrogen-bond acceptors (Lipinski definition) is 3. The molecule has 1 saturated heterocycles. The predicted molar refractivity (Wildman–Crippen MR) is 84.7 cm³/mol. The van der Waals surface area contributed by atoms with Gasteiger partial charge in [0.05, 0.1) is 5.60 Å². The number of hydrogen-bond donors (Lipinski definition) is 1. The molecule has 1 aromatic rings. The first-order valence-electron chi connectivity index (χ1n) is 7.73. The van der Waals surface area contributed by atoms with Gasteiger partial charge in [0.15, 0.2) is 0 Å². The minimum Gasteiger partial charge on any atom is -0.480 e. The molecule has 1 aliphatic heterocycles. The van der Waals surface area contributed by atoms with E-state index in [1.807, 2.05) is 30.3 Å². The Kier molecular flexibility index (Phi) is 4.55. The van der Waals surface area contributed by atoms with Gasteiger partial charge in [0.25, 0.3) is 0 Å². The molecule has 2 fully saturated rings. The van der Waals surface area contributed by atoms with Crippen molar-refractivity contribution in [2.75, 3.05) is 6.61 Å². The van der Waals surface area contributed by atoms with Gasteiger partial charge in [-0.05, 0) is 44.1 Å². The van der Waals surface area contributed by atoms with Gasteiger partial charge in [0.1, 0.15) is 5.25 Å². The Hall–Kier alpha value is -1.00. The molecule has 2 aliphatic rings. The first-order chi connectivity index (χ1) is 10.2. The molecule has 1 heterocycles. The maximum atomic E-state index is 11.6. The van der Waals surface area contributed by atoms with E-state index in [4.69, 9.17) is 4.74 Å². The first kappa shape index (κ1) is 14.9. The maximum absolute atomic E-state index is 11.6. The summed E-state index contributed by atoms with van der Waals surface area (Å²) in [5.41, 5.74) is 1.19. The number of ether oxygens (including phenoxy) is 1. The summed E-state index contributed by atoms with van der Waals surface area (Å²) in [6.07, 6.45) is 6.16. The lowest BCUT2D eigenvalue weighted by molar-refractivity contribution is -0.136. The van der Waals surface area contributed by atoms with Crippen molar-refractivity contribution >= 4 is 17.7 Å². The van der Waals surface area contributed by atoms with E-state index in [-0.39, 0.29) is 10.9 Å². The number of thioether (sulfide) groups is 1. The molecular weight excluding hydrogens is 284 g/mol. The molecule has 0 amide bonds. The molecule has 114 valence electrons. The zero-order valence-corrected chi connectivity index (χ0v) is 13.0. The monoisotopic (exact) mass is 306 g/mol. The minimum atomic E-state index is -0.696. The van der Waals surface area contributed by atoms with Crippen molar-refractivity contribution in [2.24, 2.45) is 0 Å². The normalized spacial score (nSPS) is 25.2. The molecule has 0 radical (unpaired) electrons. The zero-order chi connectivity index (χ0) is 14.7. The second kappa shape index (κ2) is 6.41. The molecular formula is C17H22O3S. The largest absolute Gasteiger partial charge is 0.480 e. The van der Waals surface area contributed by atoms with Gasteiger partial charge in [-0.25, -0.2) is 0 Å². The van der Waals surface area contributed by atoms with Gasteiger partial charge in [-0.2, -0.15) is 0 Å². The standard InChI is InChI=1S/C17H22O3S/c18-16(19)15(11-13-5-2-1-3-6-13)21-14-7-10-20-17(12-14)8-4-9-17/h1-3,5-6,14-15H,4,7-12H2,(H,18,19). The summed E-state index contributed by atoms with van der Waals surface area (Å²) in [6.45, 7) is 0.787. The Balaban J connectivity index is 1.61. The van der Waals surface area contributed by atoms with Gasteiger partial charge in [0.2, 0.25) is 0 Å². The van der Waals surface area contributed by atoms with Crippen LogP contribution in [-0.4, -0.2) is 33.8 Å². The van der Waals surface area contributed by atoms with Crippen molar-refractivity contribution < 1.29 is 14.6 Å². The van der Waals surface area contributed by atoms with Crippen LogP contribution in [0.15, 0.2) is 30.3 Å². The number of carboxylic acids is 1. The van der Waals surface area contributed by atoms with Gasteiger partial charge in [0, 0.05) is 11.9 Å². The van der Waals surface area contributed by atoms with Gasteiger partial charge in [-0.1, -0.05) is 30.3 Å². The summed E-state index contributed by atoms with van der Waals surface area (Å²) in [5, 5.41) is 9.58. The molecule has 0 aromatic heterocycles. The van der Waals surface area contributed by atoms with E-state index in [1.54, 1.807) is 11.8 Å². The lowest BCUT2D eigenvalue weighted by Gasteiger charge is -2.47. The van der Waals surface area contributed by atoms with Crippen LogP contribution in [0, 0.1) is 0 Å². The second-order valence-electron chi connectivity index (χ2n) is 6.15. The third-order valence-corrected chi connectivity index (χ3v) is 6.09. The molecule has 1 N–H and O–H groups in total. The van der Waals surface area contributed by atoms with Crippen LogP contribution < -0.4 is 0 Å². The van der Waals surface area contributed by atoms with Crippen LogP contribution in [0.3, 0.4) is 0 Å². The van der Waals surface area contributed by atoms with E-state index >= 15 is 0 Å². The highest BCUT2D eigenvalue weighted by atomic mass is 32.2. The number of carboxylic acid groups (broad SMARTS) is 1. The van der Waals surface area contributed by atoms with Gasteiger partial charge < -0.3 is 9.84 Å². The van der Waals surface area contributed by atoms with Gasteiger partial charge in [-0.15, -0.1) is 11.8 Å². The molecule has 0 bridgehead atoms. The first-order valence-corrected chi connectivity index (χ1v) is 8.67. The van der Waals surface area contributed by atoms with E-state index in [9.17, 15) is 9.90 Å². The van der Waals surface area contributed by atoms with Crippen molar-refractivity contribution in [3.05, 3.63) is 35.9 Å². The molecule has 1 aliphatic carbocycles. The Labute approximate surface area is 130 Å². The summed E-state index contributed by atoms with van der Waals surface area (Å²) in [4.78, 5) is 11.6. The third-order valence-electron chi connectivity index (χ3n) is 4.61. The molecule has 1 spiro atoms. The van der Waals surface area contributed by atoms with E-state index in [2.05, 4.69) is 0 Å². The minimum absolute atomic E-state index is 0.0890. The van der Waals surface area contributed by atoms with Crippen LogP contribution in [0.5, 0.6) is 0 Å². The van der Waals surface area contributed by atoms with Crippen LogP contribution in [0.1, 0.15) is 37.7 Å². The topological polar surface area (TPSA) is 46.5 Å². The van der Waals surface area contributed by atoms with Gasteiger partial charge in [-0.3, -0.25) is 4.79 Å². The van der Waals surface area contributed by atoms with Crippen molar-refractivity contribution in [1.82, 2.24) is 0 Å². The fourth-order valence-corrected chi connectivity index (χ4v) is 4.77. The average molecular weight is 306 g/mol. The van der Waals surface area contributed by atoms with Gasteiger partial charge >= 0.3 is 5.97 Å². The van der Waals surface area contributed by atoms with Crippen LogP contribution in [-0.2, 0) is 16.0 Å². The molecule has 21 heavy (non-hydrogen) atoms. The highest BCUT2D eigenvalue weighted by molar-refractivity contribution is 8.01. The molecule has 2 atom stereocenters. The van der Waals surface area contributed by atoms with Crippen molar-refractivity contribution in [2.45, 2.75) is 54.6 Å². The summed E-state index contributed by atoms with van der Waals surface area (Å²) in [7, 11) is 0. The van der Waals surface area contributed by atoms with Crippen LogP contribution in [0.25, 0.3) is 0 Å². The molecule has 1 aromatic carbocycles. The Bertz CT molecular complexity index is 484. The van der Waals surface area contributed by atoms with E-state index in [0.29, 0.717) is 11.7 Å². The quantitative estimate of drug-likeness (QED) is 0.904. The van der Waals surface area contributed by atoms with Crippen LogP contribution in [0.4, 0.5) is 0 Å².